The number of nitrogens with zero attached hydrogens (tertiary/aromatic N) is 4. The van der Waals surface area contributed by atoms with Gasteiger partial charge < -0.3 is 16.4 Å². The molecule has 2 amide bonds. The summed E-state index contributed by atoms with van der Waals surface area (Å²) in [4.78, 5) is 22.9. The minimum Gasteiger partial charge on any atom is -0.379 e. The molecule has 10 nitrogen and oxygen atoms in total. The van der Waals surface area contributed by atoms with Crippen molar-refractivity contribution in [2.24, 2.45) is 0 Å². The Morgan fingerprint density at radius 1 is 1.47 bits per heavy atom. The number of amides is 2. The maximum absolute atomic E-state index is 11.7. The Morgan fingerprint density at radius 3 is 2.89 bits per heavy atom. The van der Waals surface area contributed by atoms with Crippen LogP contribution in [0.25, 0.3) is 0 Å². The molecule has 0 saturated carbocycles. The predicted molar refractivity (Wildman–Crippen MR) is 63.0 cm³/mol. The van der Waals surface area contributed by atoms with E-state index >= 15 is 0 Å². The van der Waals surface area contributed by atoms with Crippen molar-refractivity contribution in [1.82, 2.24) is 25.4 Å². The molecule has 10 heteroatoms. The maximum atomic E-state index is 11.7. The predicted octanol–water partition coefficient (Wildman–Crippen LogP) is -1.15. The van der Waals surface area contributed by atoms with Crippen LogP contribution >= 0.6 is 0 Å². The summed E-state index contributed by atoms with van der Waals surface area (Å²) in [5.74, 6) is -0.876. The van der Waals surface area contributed by atoms with Crippen molar-refractivity contribution >= 4 is 23.3 Å². The Bertz CT molecular complexity index is 602. The molecule has 0 atom stereocenters. The van der Waals surface area contributed by atoms with Gasteiger partial charge in [0.15, 0.2) is 0 Å². The zero-order valence-electron chi connectivity index (χ0n) is 9.95. The van der Waals surface area contributed by atoms with Crippen molar-refractivity contribution in [2.45, 2.75) is 6.54 Å². The van der Waals surface area contributed by atoms with E-state index in [4.69, 9.17) is 5.73 Å². The number of rotatable bonds is 4. The second kappa shape index (κ2) is 5.16. The SMILES string of the molecule is CNC(=O)Cn1cc(NC(=O)c2nonc2N)cn1. The molecule has 0 saturated heterocycles. The van der Waals surface area contributed by atoms with Gasteiger partial charge in [-0.2, -0.15) is 5.10 Å². The minimum atomic E-state index is -0.571. The number of carbonyl (C=O) groups excluding carboxylic acids is 2. The van der Waals surface area contributed by atoms with E-state index in [0.717, 1.165) is 0 Å². The number of likely N-dealkylation sites (N-methyl/N-ethyl adjacent to an activating group) is 1. The molecule has 0 aliphatic rings. The molecular weight excluding hydrogens is 254 g/mol. The lowest BCUT2D eigenvalue weighted by molar-refractivity contribution is -0.121. The average Bonchev–Trinajstić information content (AvgIpc) is 2.98. The molecule has 0 aliphatic carbocycles. The van der Waals surface area contributed by atoms with Crippen LogP contribution in [0.15, 0.2) is 17.0 Å². The number of nitrogens with two attached hydrogens (primary N) is 1. The molecule has 4 N–H and O–H groups in total. The van der Waals surface area contributed by atoms with Gasteiger partial charge in [0.25, 0.3) is 5.91 Å². The van der Waals surface area contributed by atoms with Gasteiger partial charge in [0.05, 0.1) is 11.9 Å². The van der Waals surface area contributed by atoms with Crippen LogP contribution in [0.3, 0.4) is 0 Å². The van der Waals surface area contributed by atoms with Crippen LogP contribution in [0.4, 0.5) is 11.5 Å². The lowest BCUT2D eigenvalue weighted by Crippen LogP contribution is -2.23. The number of nitrogen functional groups attached to an aromatic ring is 1. The van der Waals surface area contributed by atoms with Crippen molar-refractivity contribution in [3.05, 3.63) is 18.1 Å². The highest BCUT2D eigenvalue weighted by atomic mass is 16.6. The van der Waals surface area contributed by atoms with E-state index in [1.54, 1.807) is 0 Å². The molecule has 0 unspecified atom stereocenters. The normalized spacial score (nSPS) is 10.2. The van der Waals surface area contributed by atoms with E-state index in [0.29, 0.717) is 5.69 Å². The first-order chi connectivity index (χ1) is 9.10. The van der Waals surface area contributed by atoms with Crippen molar-refractivity contribution in [3.63, 3.8) is 0 Å². The summed E-state index contributed by atoms with van der Waals surface area (Å²) >= 11 is 0. The second-order valence-electron chi connectivity index (χ2n) is 3.55. The van der Waals surface area contributed by atoms with Gasteiger partial charge in [-0.25, -0.2) is 4.63 Å². The quantitative estimate of drug-likeness (QED) is 0.633. The first-order valence-electron chi connectivity index (χ1n) is 5.22. The molecule has 2 aromatic heterocycles. The van der Waals surface area contributed by atoms with Crippen molar-refractivity contribution in [3.8, 4) is 0 Å². The van der Waals surface area contributed by atoms with Gasteiger partial charge in [0.1, 0.15) is 6.54 Å². The average molecular weight is 265 g/mol. The van der Waals surface area contributed by atoms with E-state index in [2.05, 4.69) is 30.7 Å². The van der Waals surface area contributed by atoms with Crippen LogP contribution in [0.5, 0.6) is 0 Å². The summed E-state index contributed by atoms with van der Waals surface area (Å²) in [5, 5.41) is 15.5. The maximum Gasteiger partial charge on any atom is 0.281 e. The summed E-state index contributed by atoms with van der Waals surface area (Å²) in [6.07, 6.45) is 2.89. The third-order valence-corrected chi connectivity index (χ3v) is 2.20. The van der Waals surface area contributed by atoms with Crippen LogP contribution in [0.2, 0.25) is 0 Å². The number of anilines is 2. The molecule has 0 fully saturated rings. The smallest absolute Gasteiger partial charge is 0.281 e. The van der Waals surface area contributed by atoms with Gasteiger partial charge in [-0.1, -0.05) is 0 Å². The third-order valence-electron chi connectivity index (χ3n) is 2.20. The van der Waals surface area contributed by atoms with Gasteiger partial charge in [-0.15, -0.1) is 0 Å². The Morgan fingerprint density at radius 2 is 2.26 bits per heavy atom. The number of hydrogen-bond donors (Lipinski definition) is 3. The van der Waals surface area contributed by atoms with Crippen LogP contribution in [-0.4, -0.2) is 39.0 Å². The molecule has 19 heavy (non-hydrogen) atoms. The number of nitrogens with one attached hydrogen (secondary N) is 2. The van der Waals surface area contributed by atoms with Gasteiger partial charge in [-0.05, 0) is 10.3 Å². The van der Waals surface area contributed by atoms with Gasteiger partial charge in [-0.3, -0.25) is 14.3 Å². The first-order valence-corrected chi connectivity index (χ1v) is 5.22. The van der Waals surface area contributed by atoms with Crippen LogP contribution in [0, 0.1) is 0 Å². The highest BCUT2D eigenvalue weighted by Crippen LogP contribution is 2.10. The molecular formula is C9H11N7O3. The summed E-state index contributed by atoms with van der Waals surface area (Å²) in [7, 11) is 1.52. The summed E-state index contributed by atoms with van der Waals surface area (Å²) < 4.78 is 5.69. The molecule has 0 aromatic carbocycles. The number of hydrogen-bond acceptors (Lipinski definition) is 7. The van der Waals surface area contributed by atoms with E-state index in [1.807, 2.05) is 0 Å². The summed E-state index contributed by atoms with van der Waals surface area (Å²) in [6.45, 7) is 0.0556. The monoisotopic (exact) mass is 265 g/mol. The van der Waals surface area contributed by atoms with Crippen molar-refractivity contribution < 1.29 is 14.2 Å². The molecule has 0 aliphatic heterocycles. The third kappa shape index (κ3) is 2.86. The topological polar surface area (TPSA) is 141 Å². The van der Waals surface area contributed by atoms with Crippen molar-refractivity contribution in [1.29, 1.82) is 0 Å². The van der Waals surface area contributed by atoms with Crippen LogP contribution in [-0.2, 0) is 11.3 Å². The summed E-state index contributed by atoms with van der Waals surface area (Å²) in [5.41, 5.74) is 5.67. The lowest BCUT2D eigenvalue weighted by atomic mass is 10.4. The Hall–Kier alpha value is -2.91. The Balaban J connectivity index is 2.02. The molecule has 0 spiro atoms. The standard InChI is InChI=1S/C9H11N7O3/c1-11-6(17)4-16-3-5(2-12-16)13-9(18)7-8(10)15-19-14-7/h2-3H,4H2,1H3,(H2,10,15)(H,11,17)(H,13,18). The van der Waals surface area contributed by atoms with Crippen LogP contribution < -0.4 is 16.4 Å². The minimum absolute atomic E-state index is 0.0556. The lowest BCUT2D eigenvalue weighted by Gasteiger charge is -1.99. The van der Waals surface area contributed by atoms with E-state index in [-0.39, 0.29) is 24.0 Å². The zero-order valence-corrected chi connectivity index (χ0v) is 9.95. The number of carbonyl (C=O) groups is 2. The van der Waals surface area contributed by atoms with Gasteiger partial charge in [0, 0.05) is 13.2 Å². The molecule has 2 rings (SSSR count). The second-order valence-corrected chi connectivity index (χ2v) is 3.55. The molecule has 0 radical (unpaired) electrons. The summed E-state index contributed by atoms with van der Waals surface area (Å²) in [6, 6.07) is 0. The fourth-order valence-corrected chi connectivity index (χ4v) is 1.28. The molecule has 0 bridgehead atoms. The van der Waals surface area contributed by atoms with Crippen molar-refractivity contribution in [2.75, 3.05) is 18.1 Å². The fraction of sp³-hybridized carbons (Fsp3) is 0.222. The molecule has 2 heterocycles. The largest absolute Gasteiger partial charge is 0.379 e. The highest BCUT2D eigenvalue weighted by molar-refractivity contribution is 6.05. The van der Waals surface area contributed by atoms with Gasteiger partial charge >= 0.3 is 0 Å². The first kappa shape index (κ1) is 12.5. The zero-order chi connectivity index (χ0) is 13.8. The Kier molecular flexibility index (Phi) is 3.41. The van der Waals surface area contributed by atoms with E-state index in [9.17, 15) is 9.59 Å². The highest BCUT2D eigenvalue weighted by Gasteiger charge is 2.16. The molecule has 2 aromatic rings. The van der Waals surface area contributed by atoms with E-state index < -0.39 is 5.91 Å². The number of aromatic nitrogens is 4. The van der Waals surface area contributed by atoms with Crippen LogP contribution in [0.1, 0.15) is 10.5 Å². The fourth-order valence-electron chi connectivity index (χ4n) is 1.28. The van der Waals surface area contributed by atoms with E-state index in [1.165, 1.54) is 24.1 Å². The Labute approximate surface area is 106 Å². The molecule has 100 valence electrons. The van der Waals surface area contributed by atoms with Gasteiger partial charge in [0.2, 0.25) is 17.4 Å².